The molecule has 3 heterocycles. The molecule has 3 spiro atoms. The topological polar surface area (TPSA) is 14.8 Å². The van der Waals surface area contributed by atoms with Crippen molar-refractivity contribution in [3.63, 3.8) is 0 Å². The van der Waals surface area contributed by atoms with Gasteiger partial charge in [0.2, 0.25) is 0 Å². The Bertz CT molecular complexity index is 8980. The number of rotatable bonds is 7. The number of para-hydroxylation sites is 4. The summed E-state index contributed by atoms with van der Waals surface area (Å²) in [6.45, 7) is 0. The van der Waals surface area contributed by atoms with Gasteiger partial charge in [0.1, 0.15) is 0 Å². The van der Waals surface area contributed by atoms with Gasteiger partial charge in [-0.3, -0.25) is 0 Å². The van der Waals surface area contributed by atoms with E-state index in [9.17, 15) is 0 Å². The fourth-order valence-corrected chi connectivity index (χ4v) is 34.3. The number of hydrogen-bond acceptors (Lipinski definition) is 0. The Morgan fingerprint density at radius 3 is 0.887 bits per heavy atom. The summed E-state index contributed by atoms with van der Waals surface area (Å²) in [4.78, 5) is 0. The lowest BCUT2D eigenvalue weighted by atomic mass is 9.43. The van der Waals surface area contributed by atoms with Gasteiger partial charge >= 0.3 is 0 Å². The molecular weight excluding hydrogens is 1700 g/mol. The van der Waals surface area contributed by atoms with Gasteiger partial charge in [0.15, 0.2) is 0 Å². The van der Waals surface area contributed by atoms with E-state index in [1.165, 1.54) is 289 Å². The van der Waals surface area contributed by atoms with Crippen molar-refractivity contribution in [2.45, 2.75) is 113 Å². The highest BCUT2D eigenvalue weighted by molar-refractivity contribution is 6.15. The van der Waals surface area contributed by atoms with Gasteiger partial charge in [0.05, 0.1) is 38.8 Å². The van der Waals surface area contributed by atoms with Crippen LogP contribution in [0.1, 0.15) is 130 Å². The van der Waals surface area contributed by atoms with Crippen molar-refractivity contribution < 1.29 is 0 Å². The Balaban J connectivity index is 0.0000000955. The molecule has 37 rings (SSSR count). The van der Waals surface area contributed by atoms with Gasteiger partial charge in [-0.2, -0.15) is 0 Å². The number of fused-ring (bicyclic) bond motifs is 22. The fourth-order valence-electron chi connectivity index (χ4n) is 34.3. The summed E-state index contributed by atoms with van der Waals surface area (Å²) < 4.78 is 7.36. The molecule has 12 saturated carbocycles. The van der Waals surface area contributed by atoms with E-state index < -0.39 is 0 Å². The van der Waals surface area contributed by atoms with E-state index in [1.807, 2.05) is 0 Å². The molecule has 676 valence electrons. The van der Waals surface area contributed by atoms with Crippen LogP contribution in [0.25, 0.3) is 193 Å². The molecule has 0 N–H and O–H groups in total. The van der Waals surface area contributed by atoms with Crippen molar-refractivity contribution in [1.29, 1.82) is 0 Å². The minimum Gasteiger partial charge on any atom is -0.309 e. The zero-order valence-corrected chi connectivity index (χ0v) is 79.6. The lowest BCUT2D eigenvalue weighted by molar-refractivity contribution is -0.0399. The first kappa shape index (κ1) is 80.2. The molecule has 0 radical (unpaired) electrons. The maximum Gasteiger partial charge on any atom is 0.0541 e. The van der Waals surface area contributed by atoms with E-state index in [4.69, 9.17) is 0 Å². The third-order valence-electron chi connectivity index (χ3n) is 38.9. The van der Waals surface area contributed by atoms with Gasteiger partial charge in [0, 0.05) is 65.5 Å². The highest BCUT2D eigenvalue weighted by atomic mass is 15.0. The number of aromatic nitrogens is 3. The zero-order valence-electron chi connectivity index (χ0n) is 79.6. The molecule has 19 aromatic carbocycles. The molecular formula is C138H109N3. The van der Waals surface area contributed by atoms with Gasteiger partial charge in [-0.25, -0.2) is 0 Å². The molecule has 12 fully saturated rings. The van der Waals surface area contributed by atoms with Crippen LogP contribution in [0.15, 0.2) is 406 Å². The first-order valence-electron chi connectivity index (χ1n) is 53.2. The maximum atomic E-state index is 2.55. The highest BCUT2D eigenvalue weighted by Gasteiger charge is 2.65. The maximum absolute atomic E-state index is 2.55. The predicted molar refractivity (Wildman–Crippen MR) is 586 cm³/mol. The lowest BCUT2D eigenvalue weighted by Gasteiger charge is -2.61. The van der Waals surface area contributed by atoms with E-state index in [2.05, 4.69) is 420 Å². The van der Waals surface area contributed by atoms with E-state index in [0.717, 1.165) is 71.0 Å². The van der Waals surface area contributed by atoms with Crippen LogP contribution in [-0.4, -0.2) is 13.7 Å². The van der Waals surface area contributed by atoms with E-state index in [1.54, 1.807) is 33.4 Å². The van der Waals surface area contributed by atoms with Gasteiger partial charge in [-0.1, -0.05) is 303 Å². The molecule has 3 heteroatoms. The average molecular weight is 1810 g/mol. The van der Waals surface area contributed by atoms with Gasteiger partial charge in [0.25, 0.3) is 0 Å². The third-order valence-corrected chi connectivity index (χ3v) is 38.9. The van der Waals surface area contributed by atoms with Crippen molar-refractivity contribution in [2.75, 3.05) is 0 Å². The van der Waals surface area contributed by atoms with Crippen LogP contribution in [0.2, 0.25) is 0 Å². The molecule has 0 amide bonds. The average Bonchev–Trinajstić information content (AvgIpc) is 1.55. The standard InChI is InChI=1S/C48H37N.C46H37N.C44H35N/c1-2-8-38-31(7-1)13-14-34-26-37(17-18-39(34)38)49-46-12-6-4-10-41(46)43-28-33(16-20-47(43)49)32-15-19-45-42(27-32)40-9-3-5-11-44(40)48(45)35-22-29-21-30(24-35)25-36(48)23-29;1-2-10-31(11-3-1)36-12-5-8-16-43(36)47-44-17-9-6-14-38(44)40-28-33(19-21-45(40)47)32-18-20-42-39(27-32)37-13-4-7-15-41(37)46(42)34-23-29-22-30(25-34)26-35(46)24-29;1-2-8-30-24-35(16-13-29(30)7-1)45-42-12-6-4-10-37(42)39-26-32(15-18-43(39)45)31-14-17-41-38(25-31)36-9-3-5-11-40(36)44(41)33-20-27-19-28(22-33)23-34(44)21-27/h1-20,26-30,35-36H,21-25H2;1-21,27-30,34-35H,22-26H2;1-18,24-28,33-34H,19-23H2. The lowest BCUT2D eigenvalue weighted by Crippen LogP contribution is -2.55. The Hall–Kier alpha value is -14.6. The molecule has 15 aliphatic carbocycles. The first-order chi connectivity index (χ1) is 69.8. The van der Waals surface area contributed by atoms with Gasteiger partial charge < -0.3 is 13.7 Å². The second kappa shape index (κ2) is 30.2. The normalized spacial score (nSPS) is 25.2. The third kappa shape index (κ3) is 11.4. The second-order valence-electron chi connectivity index (χ2n) is 45.3. The Morgan fingerprint density at radius 2 is 0.447 bits per heavy atom. The Morgan fingerprint density at radius 1 is 0.156 bits per heavy atom. The molecule has 15 aliphatic rings. The van der Waals surface area contributed by atoms with Crippen LogP contribution in [-0.2, 0) is 16.2 Å². The summed E-state index contributed by atoms with van der Waals surface area (Å²) in [6, 6.07) is 154. The van der Waals surface area contributed by atoms with Crippen LogP contribution in [0.5, 0.6) is 0 Å². The minimum absolute atomic E-state index is 0.224. The fraction of sp³-hybridized carbons (Fsp3) is 0.217. The van der Waals surface area contributed by atoms with Crippen molar-refractivity contribution in [3.8, 4) is 95.0 Å². The smallest absolute Gasteiger partial charge is 0.0541 e. The minimum atomic E-state index is 0.224. The van der Waals surface area contributed by atoms with Crippen molar-refractivity contribution in [1.82, 2.24) is 13.7 Å². The molecule has 3 aromatic heterocycles. The van der Waals surface area contributed by atoms with Crippen LogP contribution in [0.4, 0.5) is 0 Å². The highest BCUT2D eigenvalue weighted by Crippen LogP contribution is 2.74. The number of benzene rings is 19. The van der Waals surface area contributed by atoms with Gasteiger partial charge in [-0.15, -0.1) is 0 Å². The molecule has 0 atom stereocenters. The quantitative estimate of drug-likeness (QED) is 0.141. The molecule has 12 bridgehead atoms. The van der Waals surface area contributed by atoms with Crippen LogP contribution in [0.3, 0.4) is 0 Å². The number of hydrogen-bond donors (Lipinski definition) is 0. The van der Waals surface area contributed by atoms with Gasteiger partial charge in [-0.05, 0) is 408 Å². The monoisotopic (exact) mass is 1810 g/mol. The molecule has 141 heavy (non-hydrogen) atoms. The van der Waals surface area contributed by atoms with E-state index in [-0.39, 0.29) is 16.2 Å². The number of nitrogens with zero attached hydrogens (tertiary/aromatic N) is 3. The Kier molecular flexibility index (Phi) is 17.2. The SMILES string of the molecule is c1ccc(-c2ccccc2-n2c3ccccc3c3cc(-c4ccc5c(c4)-c4ccccc4C54C5CC6CC(C5)CC4C6)ccc32)cc1.c1ccc2c(c1)-c1cc(-c3ccc4c(c3)c3ccccc3n4-c3ccc4c(ccc5ccccc54)c3)ccc1C21C2CC3CC(C2)CC1C3.c1ccc2c(c1)-c1cc(-c3ccc4c(c3)c3ccccc3n4-c3ccc4ccccc4c3)ccc1C21C2CC3CC(C2)CC1C3. The Labute approximate surface area is 823 Å². The molecule has 0 saturated heterocycles. The molecule has 22 aromatic rings. The first-order valence-corrected chi connectivity index (χ1v) is 53.2. The summed E-state index contributed by atoms with van der Waals surface area (Å²) in [5, 5.41) is 15.6. The van der Waals surface area contributed by atoms with E-state index in [0.29, 0.717) is 0 Å². The zero-order chi connectivity index (χ0) is 91.8. The second-order valence-corrected chi connectivity index (χ2v) is 45.3. The van der Waals surface area contributed by atoms with Crippen molar-refractivity contribution in [2.24, 2.45) is 71.0 Å². The summed E-state index contributed by atoms with van der Waals surface area (Å²) >= 11 is 0. The van der Waals surface area contributed by atoms with Crippen molar-refractivity contribution in [3.05, 3.63) is 440 Å². The summed E-state index contributed by atoms with van der Waals surface area (Å²) in [5.41, 5.74) is 40.9. The van der Waals surface area contributed by atoms with Crippen molar-refractivity contribution >= 4 is 97.7 Å². The predicted octanol–water partition coefficient (Wildman–Crippen LogP) is 35.6. The van der Waals surface area contributed by atoms with Crippen LogP contribution < -0.4 is 0 Å². The van der Waals surface area contributed by atoms with Crippen LogP contribution in [0, 0.1) is 71.0 Å². The summed E-state index contributed by atoms with van der Waals surface area (Å²) in [6.07, 6.45) is 21.6. The largest absolute Gasteiger partial charge is 0.309 e. The summed E-state index contributed by atoms with van der Waals surface area (Å²) in [7, 11) is 0. The molecule has 0 unspecified atom stereocenters. The van der Waals surface area contributed by atoms with Crippen LogP contribution >= 0.6 is 0 Å². The summed E-state index contributed by atoms with van der Waals surface area (Å²) in [5.74, 6) is 10.6. The molecule has 3 nitrogen and oxygen atoms in total. The molecule has 0 aliphatic heterocycles. The van der Waals surface area contributed by atoms with E-state index >= 15 is 0 Å².